The molecule has 2 aliphatic heterocycles. The summed E-state index contributed by atoms with van der Waals surface area (Å²) in [6.45, 7) is 3.22. The van der Waals surface area contributed by atoms with Crippen LogP contribution in [0, 0.1) is 5.92 Å². The number of hydrogen-bond donors (Lipinski definition) is 1. The monoisotopic (exact) mass is 560 g/mol. The maximum absolute atomic E-state index is 13.8. The lowest BCUT2D eigenvalue weighted by molar-refractivity contribution is -0.143. The fraction of sp³-hybridized carbons (Fsp3) is 0.419. The van der Waals surface area contributed by atoms with E-state index in [9.17, 15) is 14.7 Å². The molecule has 216 valence electrons. The van der Waals surface area contributed by atoms with E-state index in [0.29, 0.717) is 43.2 Å². The van der Waals surface area contributed by atoms with E-state index in [1.807, 2.05) is 47.4 Å². The Morgan fingerprint density at radius 3 is 2.76 bits per heavy atom. The first-order chi connectivity index (χ1) is 20.0. The lowest BCUT2D eigenvalue weighted by Gasteiger charge is -2.29. The molecule has 1 fully saturated rings. The summed E-state index contributed by atoms with van der Waals surface area (Å²) in [6.07, 6.45) is 8.04. The average Bonchev–Trinajstić information content (AvgIpc) is 3.61. The zero-order chi connectivity index (χ0) is 28.8. The minimum atomic E-state index is -0.900. The Labute approximate surface area is 239 Å². The molecule has 1 amide bonds. The average molecular weight is 561 g/mol. The highest BCUT2D eigenvalue weighted by Crippen LogP contribution is 2.47. The maximum atomic E-state index is 13.8. The van der Waals surface area contributed by atoms with E-state index in [1.54, 1.807) is 30.6 Å². The Hall–Kier alpha value is -4.18. The summed E-state index contributed by atoms with van der Waals surface area (Å²) in [5, 5.41) is 10.6. The van der Waals surface area contributed by atoms with Crippen molar-refractivity contribution in [3.63, 3.8) is 0 Å². The first-order valence-electron chi connectivity index (χ1n) is 14.0. The molecule has 0 aliphatic carbocycles. The standard InChI is InChI=1S/C31H36N4O6/c1-3-4-14-35(23-9-7-12-32-17-23)28(36)19-34-18-24(21-15-26(39-2)30-27(16-21)40-20-41-30)29(31(37)38)25(34)11-10-22-8-5-6-13-33-22/h5-9,12-13,15-17,24-25,29H,3-4,10-11,14,18-20H2,1-2H3,(H,37,38)/t24-,25+,29-/m1/s1. The lowest BCUT2D eigenvalue weighted by atomic mass is 9.83. The van der Waals surface area contributed by atoms with Gasteiger partial charge in [0.15, 0.2) is 11.5 Å². The molecule has 41 heavy (non-hydrogen) atoms. The summed E-state index contributed by atoms with van der Waals surface area (Å²) in [5.74, 6) is -0.571. The van der Waals surface area contributed by atoms with E-state index in [0.717, 1.165) is 29.8 Å². The Balaban J connectivity index is 1.47. The van der Waals surface area contributed by atoms with Crippen molar-refractivity contribution in [2.24, 2.45) is 5.92 Å². The number of fused-ring (bicyclic) bond motifs is 1. The fourth-order valence-electron chi connectivity index (χ4n) is 5.88. The minimum Gasteiger partial charge on any atom is -0.493 e. The third kappa shape index (κ3) is 6.27. The number of nitrogens with zero attached hydrogens (tertiary/aromatic N) is 4. The van der Waals surface area contributed by atoms with Crippen LogP contribution in [0.2, 0.25) is 0 Å². The molecule has 0 spiro atoms. The zero-order valence-corrected chi connectivity index (χ0v) is 23.4. The van der Waals surface area contributed by atoms with Crippen molar-refractivity contribution >= 4 is 17.6 Å². The van der Waals surface area contributed by atoms with Crippen LogP contribution in [-0.4, -0.2) is 71.4 Å². The van der Waals surface area contributed by atoms with E-state index in [1.165, 1.54) is 0 Å². The van der Waals surface area contributed by atoms with E-state index >= 15 is 0 Å². The first-order valence-corrected chi connectivity index (χ1v) is 14.0. The molecular weight excluding hydrogens is 524 g/mol. The van der Waals surface area contributed by atoms with Gasteiger partial charge in [-0.3, -0.25) is 24.5 Å². The quantitative estimate of drug-likeness (QED) is 0.349. The second-order valence-electron chi connectivity index (χ2n) is 10.4. The number of anilines is 1. The van der Waals surface area contributed by atoms with Crippen LogP contribution in [0.5, 0.6) is 17.2 Å². The van der Waals surface area contributed by atoms with Gasteiger partial charge in [-0.1, -0.05) is 19.4 Å². The highest BCUT2D eigenvalue weighted by atomic mass is 16.7. The number of carboxylic acid groups (broad SMARTS) is 1. The topological polar surface area (TPSA) is 114 Å². The molecule has 5 rings (SSSR count). The molecule has 0 bridgehead atoms. The Morgan fingerprint density at radius 2 is 2.05 bits per heavy atom. The molecule has 10 heteroatoms. The lowest BCUT2D eigenvalue weighted by Crippen LogP contribution is -2.44. The van der Waals surface area contributed by atoms with Crippen LogP contribution in [0.25, 0.3) is 0 Å². The predicted molar refractivity (Wildman–Crippen MR) is 152 cm³/mol. The maximum Gasteiger partial charge on any atom is 0.308 e. The number of aromatic nitrogens is 2. The van der Waals surface area contributed by atoms with Gasteiger partial charge in [0, 0.05) is 43.1 Å². The summed E-state index contributed by atoms with van der Waals surface area (Å²) >= 11 is 0. The first kappa shape index (κ1) is 28.4. The van der Waals surface area contributed by atoms with Crippen LogP contribution >= 0.6 is 0 Å². The molecule has 0 saturated carbocycles. The molecular formula is C31H36N4O6. The number of carboxylic acids is 1. The van der Waals surface area contributed by atoms with Crippen LogP contribution in [0.15, 0.2) is 61.1 Å². The summed E-state index contributed by atoms with van der Waals surface area (Å²) in [6, 6.07) is 12.7. The van der Waals surface area contributed by atoms with Gasteiger partial charge in [0.1, 0.15) is 0 Å². The third-order valence-corrected chi connectivity index (χ3v) is 7.90. The molecule has 3 atom stereocenters. The van der Waals surface area contributed by atoms with Crippen molar-refractivity contribution in [3.05, 3.63) is 72.3 Å². The van der Waals surface area contributed by atoms with Crippen molar-refractivity contribution in [2.45, 2.75) is 44.6 Å². The van der Waals surface area contributed by atoms with Crippen molar-refractivity contribution in [2.75, 3.05) is 38.4 Å². The van der Waals surface area contributed by atoms with Crippen molar-refractivity contribution in [1.82, 2.24) is 14.9 Å². The van der Waals surface area contributed by atoms with Gasteiger partial charge in [0.05, 0.1) is 31.5 Å². The minimum absolute atomic E-state index is 0.0808. The Kier molecular flexibility index (Phi) is 8.98. The summed E-state index contributed by atoms with van der Waals surface area (Å²) in [5.41, 5.74) is 2.41. The van der Waals surface area contributed by atoms with Crippen LogP contribution in [-0.2, 0) is 16.0 Å². The normalized spacial score (nSPS) is 19.7. The Morgan fingerprint density at radius 1 is 1.17 bits per heavy atom. The van der Waals surface area contributed by atoms with Gasteiger partial charge in [-0.2, -0.15) is 0 Å². The summed E-state index contributed by atoms with van der Waals surface area (Å²) < 4.78 is 16.8. The number of ether oxygens (including phenoxy) is 3. The van der Waals surface area contributed by atoms with Gasteiger partial charge in [0.25, 0.3) is 0 Å². The van der Waals surface area contributed by atoms with Crippen LogP contribution < -0.4 is 19.1 Å². The largest absolute Gasteiger partial charge is 0.493 e. The molecule has 1 N–H and O–H groups in total. The summed E-state index contributed by atoms with van der Waals surface area (Å²) in [4.78, 5) is 39.2. The number of hydrogen-bond acceptors (Lipinski definition) is 8. The highest BCUT2D eigenvalue weighted by Gasteiger charge is 2.47. The number of carbonyl (C=O) groups excluding carboxylic acids is 1. The third-order valence-electron chi connectivity index (χ3n) is 7.90. The number of pyridine rings is 2. The van der Waals surface area contributed by atoms with Crippen LogP contribution in [0.3, 0.4) is 0 Å². The van der Waals surface area contributed by atoms with Gasteiger partial charge in [-0.15, -0.1) is 0 Å². The van der Waals surface area contributed by atoms with E-state index < -0.39 is 11.9 Å². The predicted octanol–water partition coefficient (Wildman–Crippen LogP) is 4.15. The smallest absolute Gasteiger partial charge is 0.308 e. The van der Waals surface area contributed by atoms with Crippen LogP contribution in [0.4, 0.5) is 5.69 Å². The number of unbranched alkanes of at least 4 members (excludes halogenated alkanes) is 1. The van der Waals surface area contributed by atoms with Gasteiger partial charge in [-0.25, -0.2) is 0 Å². The number of aliphatic carboxylic acids is 1. The van der Waals surface area contributed by atoms with Crippen LogP contribution in [0.1, 0.15) is 43.4 Å². The molecule has 4 heterocycles. The molecule has 2 aromatic heterocycles. The molecule has 10 nitrogen and oxygen atoms in total. The molecule has 1 saturated heterocycles. The van der Waals surface area contributed by atoms with Gasteiger partial charge in [-0.05, 0) is 61.2 Å². The number of methoxy groups -OCH3 is 1. The second kappa shape index (κ2) is 13.0. The highest BCUT2D eigenvalue weighted by molar-refractivity contribution is 5.94. The molecule has 0 radical (unpaired) electrons. The van der Waals surface area contributed by atoms with Crippen molar-refractivity contribution in [3.8, 4) is 17.2 Å². The fourth-order valence-corrected chi connectivity index (χ4v) is 5.88. The second-order valence-corrected chi connectivity index (χ2v) is 10.4. The number of benzene rings is 1. The summed E-state index contributed by atoms with van der Waals surface area (Å²) in [7, 11) is 1.55. The van der Waals surface area contributed by atoms with E-state index in [-0.39, 0.29) is 31.2 Å². The number of amides is 1. The molecule has 3 aromatic rings. The number of aryl methyl sites for hydroxylation is 1. The van der Waals surface area contributed by atoms with E-state index in [4.69, 9.17) is 14.2 Å². The van der Waals surface area contributed by atoms with Crippen molar-refractivity contribution in [1.29, 1.82) is 0 Å². The number of rotatable bonds is 12. The van der Waals surface area contributed by atoms with Gasteiger partial charge >= 0.3 is 5.97 Å². The SMILES string of the molecule is CCCCN(C(=O)CN1C[C@H](c2cc(OC)c3c(c2)OCO3)[C@@H](C(=O)O)[C@@H]1CCc1ccccn1)c1cccnc1. The number of carbonyl (C=O) groups is 2. The molecule has 2 aliphatic rings. The van der Waals surface area contributed by atoms with Crippen molar-refractivity contribution < 1.29 is 28.9 Å². The number of likely N-dealkylation sites (tertiary alicyclic amines) is 1. The zero-order valence-electron chi connectivity index (χ0n) is 23.4. The van der Waals surface area contributed by atoms with E-state index in [2.05, 4.69) is 16.9 Å². The van der Waals surface area contributed by atoms with Gasteiger partial charge in [0.2, 0.25) is 18.4 Å². The molecule has 0 unspecified atom stereocenters. The molecule has 1 aromatic carbocycles. The Bertz CT molecular complexity index is 1340. The van der Waals surface area contributed by atoms with Gasteiger partial charge < -0.3 is 24.2 Å².